The maximum Gasteiger partial charge on any atom is 0.232 e. The number of rotatable bonds is 6. The number of halogens is 1. The highest BCUT2D eigenvalue weighted by Crippen LogP contribution is 2.26. The fourth-order valence-corrected chi connectivity index (χ4v) is 3.56. The van der Waals surface area contributed by atoms with Gasteiger partial charge in [-0.2, -0.15) is 15.0 Å². The summed E-state index contributed by atoms with van der Waals surface area (Å²) >= 11 is 1.51. The molecule has 0 saturated heterocycles. The van der Waals surface area contributed by atoms with Crippen LogP contribution in [-0.4, -0.2) is 24.5 Å². The molecule has 3 N–H and O–H groups in total. The van der Waals surface area contributed by atoms with Gasteiger partial charge in [0.15, 0.2) is 5.16 Å². The number of aromatic nitrogens is 5. The molecular weight excluding hydrogens is 389 g/mol. The third kappa shape index (κ3) is 4.52. The number of nitrogens with zero attached hydrogens (tertiary/aromatic N) is 5. The Labute approximate surface area is 171 Å². The van der Waals surface area contributed by atoms with E-state index in [0.717, 1.165) is 16.4 Å². The Kier molecular flexibility index (Phi) is 5.39. The van der Waals surface area contributed by atoms with Crippen LogP contribution in [0.1, 0.15) is 5.82 Å². The molecule has 2 heterocycles. The van der Waals surface area contributed by atoms with Gasteiger partial charge in [-0.3, -0.25) is 0 Å². The average molecular weight is 407 g/mol. The quantitative estimate of drug-likeness (QED) is 0.466. The molecule has 0 radical (unpaired) electrons. The van der Waals surface area contributed by atoms with E-state index in [1.165, 1.54) is 23.9 Å². The molecule has 9 heteroatoms. The Morgan fingerprint density at radius 1 is 1.03 bits per heavy atom. The minimum Gasteiger partial charge on any atom is -0.368 e. The van der Waals surface area contributed by atoms with Crippen molar-refractivity contribution >= 4 is 29.3 Å². The fraction of sp³-hybridized carbons (Fsp3) is 0.100. The van der Waals surface area contributed by atoms with Crippen LogP contribution < -0.4 is 11.1 Å². The van der Waals surface area contributed by atoms with Gasteiger partial charge in [-0.1, -0.05) is 42.1 Å². The molecule has 146 valence electrons. The monoisotopic (exact) mass is 407 g/mol. The van der Waals surface area contributed by atoms with Crippen LogP contribution in [0.2, 0.25) is 0 Å². The summed E-state index contributed by atoms with van der Waals surface area (Å²) in [5.74, 6) is 1.11. The second kappa shape index (κ2) is 8.27. The molecule has 0 bridgehead atoms. The average Bonchev–Trinajstić information content (AvgIpc) is 3.09. The van der Waals surface area contributed by atoms with Crippen molar-refractivity contribution in [3.63, 3.8) is 0 Å². The van der Waals surface area contributed by atoms with E-state index in [0.29, 0.717) is 23.2 Å². The van der Waals surface area contributed by atoms with Gasteiger partial charge in [-0.05, 0) is 29.8 Å². The van der Waals surface area contributed by atoms with Gasteiger partial charge in [0, 0.05) is 12.7 Å². The number of hydrogen-bond acceptors (Lipinski definition) is 7. The molecule has 0 atom stereocenters. The van der Waals surface area contributed by atoms with Crippen LogP contribution >= 0.6 is 11.8 Å². The molecule has 0 aliphatic rings. The first-order chi connectivity index (χ1) is 14.1. The predicted molar refractivity (Wildman–Crippen MR) is 112 cm³/mol. The van der Waals surface area contributed by atoms with Crippen LogP contribution in [0.3, 0.4) is 0 Å². The van der Waals surface area contributed by atoms with Crippen LogP contribution in [0.15, 0.2) is 66.0 Å². The van der Waals surface area contributed by atoms with Crippen molar-refractivity contribution in [3.05, 3.63) is 72.4 Å². The lowest BCUT2D eigenvalue weighted by molar-refractivity contribution is 0.628. The summed E-state index contributed by atoms with van der Waals surface area (Å²) in [5, 5.41) is 3.85. The van der Waals surface area contributed by atoms with E-state index in [1.54, 1.807) is 12.1 Å². The highest BCUT2D eigenvalue weighted by Gasteiger charge is 2.11. The minimum absolute atomic E-state index is 0.116. The van der Waals surface area contributed by atoms with Crippen LogP contribution in [0.5, 0.6) is 0 Å². The summed E-state index contributed by atoms with van der Waals surface area (Å²) in [6.45, 7) is 0. The zero-order valence-corrected chi connectivity index (χ0v) is 16.4. The van der Waals surface area contributed by atoms with Gasteiger partial charge in [-0.15, -0.1) is 0 Å². The first-order valence-corrected chi connectivity index (χ1v) is 9.80. The van der Waals surface area contributed by atoms with Crippen LogP contribution in [-0.2, 0) is 12.8 Å². The van der Waals surface area contributed by atoms with Crippen molar-refractivity contribution in [2.45, 2.75) is 10.9 Å². The molecule has 4 rings (SSSR count). The number of benzene rings is 2. The van der Waals surface area contributed by atoms with Crippen molar-refractivity contribution in [1.29, 1.82) is 0 Å². The summed E-state index contributed by atoms with van der Waals surface area (Å²) in [4.78, 5) is 17.2. The number of hydrogen-bond donors (Lipinski definition) is 2. The lowest BCUT2D eigenvalue weighted by Crippen LogP contribution is -2.06. The molecule has 0 aliphatic heterocycles. The number of nitrogens with two attached hydrogens (primary N) is 1. The Morgan fingerprint density at radius 3 is 2.55 bits per heavy atom. The van der Waals surface area contributed by atoms with Crippen molar-refractivity contribution in [3.8, 4) is 11.3 Å². The van der Waals surface area contributed by atoms with Crippen molar-refractivity contribution in [2.24, 2.45) is 7.05 Å². The van der Waals surface area contributed by atoms with E-state index in [1.807, 2.05) is 48.1 Å². The standard InChI is InChI=1S/C20H18FN7S/c1-28-16(13-5-3-2-4-6-13)11-23-20(28)29-12-17-25-18(22)27-19(26-17)24-15-9-7-14(21)8-10-15/h2-11H,12H2,1H3,(H3,22,24,25,26,27). The second-order valence-corrected chi connectivity index (χ2v) is 7.15. The first kappa shape index (κ1) is 18.9. The van der Waals surface area contributed by atoms with E-state index in [4.69, 9.17) is 5.73 Å². The van der Waals surface area contributed by atoms with Gasteiger partial charge in [-0.25, -0.2) is 9.37 Å². The summed E-state index contributed by atoms with van der Waals surface area (Å²) in [5.41, 5.74) is 8.61. The summed E-state index contributed by atoms with van der Waals surface area (Å²) in [6.07, 6.45) is 1.85. The third-order valence-electron chi connectivity index (χ3n) is 4.14. The van der Waals surface area contributed by atoms with Gasteiger partial charge in [0.1, 0.15) is 11.6 Å². The van der Waals surface area contributed by atoms with Crippen molar-refractivity contribution < 1.29 is 4.39 Å². The molecule has 0 aliphatic carbocycles. The number of imidazole rings is 1. The molecule has 2 aromatic carbocycles. The van der Waals surface area contributed by atoms with E-state index in [9.17, 15) is 4.39 Å². The van der Waals surface area contributed by atoms with Gasteiger partial charge in [0.2, 0.25) is 11.9 Å². The molecule has 0 saturated carbocycles. The van der Waals surface area contributed by atoms with Crippen molar-refractivity contribution in [2.75, 3.05) is 11.1 Å². The van der Waals surface area contributed by atoms with Crippen LogP contribution in [0, 0.1) is 5.82 Å². The highest BCUT2D eigenvalue weighted by atomic mass is 32.2. The highest BCUT2D eigenvalue weighted by molar-refractivity contribution is 7.98. The molecule has 7 nitrogen and oxygen atoms in total. The summed E-state index contributed by atoms with van der Waals surface area (Å²) < 4.78 is 15.1. The predicted octanol–water partition coefficient (Wildman–Crippen LogP) is 4.03. The van der Waals surface area contributed by atoms with Gasteiger partial charge in [0.25, 0.3) is 0 Å². The van der Waals surface area contributed by atoms with Gasteiger partial charge in [0.05, 0.1) is 17.6 Å². The third-order valence-corrected chi connectivity index (χ3v) is 5.18. The zero-order chi connectivity index (χ0) is 20.2. The van der Waals surface area contributed by atoms with Crippen LogP contribution in [0.25, 0.3) is 11.3 Å². The molecule has 2 aromatic heterocycles. The Morgan fingerprint density at radius 2 is 1.79 bits per heavy atom. The van der Waals surface area contributed by atoms with Gasteiger partial charge < -0.3 is 15.6 Å². The van der Waals surface area contributed by atoms with Crippen molar-refractivity contribution in [1.82, 2.24) is 24.5 Å². The van der Waals surface area contributed by atoms with E-state index in [-0.39, 0.29) is 11.8 Å². The Bertz CT molecular complexity index is 1110. The first-order valence-electron chi connectivity index (χ1n) is 8.81. The van der Waals surface area contributed by atoms with Crippen LogP contribution in [0.4, 0.5) is 22.0 Å². The molecule has 0 unspecified atom stereocenters. The SMILES string of the molecule is Cn1c(-c2ccccc2)cnc1SCc1nc(N)nc(Nc2ccc(F)cc2)n1. The number of thioether (sulfide) groups is 1. The van der Waals surface area contributed by atoms with E-state index >= 15 is 0 Å². The maximum absolute atomic E-state index is 13.1. The molecule has 29 heavy (non-hydrogen) atoms. The molecule has 0 amide bonds. The van der Waals surface area contributed by atoms with E-state index < -0.39 is 0 Å². The second-order valence-electron chi connectivity index (χ2n) is 6.21. The minimum atomic E-state index is -0.312. The maximum atomic E-state index is 13.1. The Balaban J connectivity index is 1.48. The lowest BCUT2D eigenvalue weighted by Gasteiger charge is -2.08. The summed E-state index contributed by atoms with van der Waals surface area (Å²) in [6, 6.07) is 16.0. The molecule has 0 fully saturated rings. The molecular formula is C20H18FN7S. The topological polar surface area (TPSA) is 94.5 Å². The smallest absolute Gasteiger partial charge is 0.232 e. The zero-order valence-electron chi connectivity index (χ0n) is 15.6. The molecule has 0 spiro atoms. The number of nitrogen functional groups attached to an aromatic ring is 1. The molecule has 4 aromatic rings. The largest absolute Gasteiger partial charge is 0.368 e. The number of nitrogens with one attached hydrogen (secondary N) is 1. The number of anilines is 3. The fourth-order valence-electron chi connectivity index (χ4n) is 2.75. The lowest BCUT2D eigenvalue weighted by atomic mass is 10.2. The normalized spacial score (nSPS) is 10.8. The van der Waals surface area contributed by atoms with Gasteiger partial charge >= 0.3 is 0 Å². The Hall–Kier alpha value is -3.46. The summed E-state index contributed by atoms with van der Waals surface area (Å²) in [7, 11) is 1.97. The van der Waals surface area contributed by atoms with E-state index in [2.05, 4.69) is 25.3 Å².